The lowest BCUT2D eigenvalue weighted by Crippen LogP contribution is -2.19. The predicted molar refractivity (Wildman–Crippen MR) is 69.3 cm³/mol. The molecule has 2 saturated carbocycles. The zero-order valence-electron chi connectivity index (χ0n) is 10.9. The first-order chi connectivity index (χ1) is 8.05. The summed E-state index contributed by atoms with van der Waals surface area (Å²) in [6.45, 7) is 3.96. The second-order valence-electron chi connectivity index (χ2n) is 5.29. The smallest absolute Gasteiger partial charge is 0.224 e. The SMILES string of the molecule is CC=C1/C(=C\C(C)C(N)=O)CCC12CC2NC. The molecular weight excluding hydrogens is 212 g/mol. The monoisotopic (exact) mass is 234 g/mol. The summed E-state index contributed by atoms with van der Waals surface area (Å²) < 4.78 is 0. The molecule has 0 aliphatic heterocycles. The minimum Gasteiger partial charge on any atom is -0.369 e. The van der Waals surface area contributed by atoms with Crippen LogP contribution in [0.1, 0.15) is 33.1 Å². The van der Waals surface area contributed by atoms with Crippen LogP contribution in [0.2, 0.25) is 0 Å². The number of allylic oxidation sites excluding steroid dienone is 2. The second kappa shape index (κ2) is 4.30. The number of amides is 1. The molecule has 3 atom stereocenters. The Morgan fingerprint density at radius 3 is 2.82 bits per heavy atom. The van der Waals surface area contributed by atoms with Crippen molar-refractivity contribution in [2.75, 3.05) is 7.05 Å². The molecule has 3 unspecified atom stereocenters. The van der Waals surface area contributed by atoms with E-state index in [0.29, 0.717) is 11.5 Å². The zero-order chi connectivity index (χ0) is 12.6. The molecule has 2 rings (SSSR count). The molecule has 2 fully saturated rings. The number of rotatable bonds is 3. The summed E-state index contributed by atoms with van der Waals surface area (Å²) in [5.74, 6) is -0.406. The predicted octanol–water partition coefficient (Wildman–Crippen LogP) is 1.75. The van der Waals surface area contributed by atoms with Crippen LogP contribution in [0.4, 0.5) is 0 Å². The molecule has 0 bridgehead atoms. The van der Waals surface area contributed by atoms with Crippen molar-refractivity contribution < 1.29 is 4.79 Å². The molecule has 3 N–H and O–H groups in total. The van der Waals surface area contributed by atoms with Crippen molar-refractivity contribution in [1.82, 2.24) is 5.32 Å². The molecule has 0 saturated heterocycles. The van der Waals surface area contributed by atoms with Gasteiger partial charge in [0.2, 0.25) is 5.91 Å². The molecule has 3 nitrogen and oxygen atoms in total. The molecule has 0 aromatic rings. The topological polar surface area (TPSA) is 55.1 Å². The van der Waals surface area contributed by atoms with Gasteiger partial charge in [0, 0.05) is 11.5 Å². The highest BCUT2D eigenvalue weighted by molar-refractivity contribution is 5.78. The van der Waals surface area contributed by atoms with E-state index in [1.165, 1.54) is 24.0 Å². The number of carbonyl (C=O) groups is 1. The van der Waals surface area contributed by atoms with Crippen molar-refractivity contribution >= 4 is 5.91 Å². The Morgan fingerprint density at radius 1 is 1.65 bits per heavy atom. The van der Waals surface area contributed by atoms with Gasteiger partial charge in [-0.15, -0.1) is 0 Å². The lowest BCUT2D eigenvalue weighted by atomic mass is 9.95. The Bertz CT molecular complexity index is 397. The summed E-state index contributed by atoms with van der Waals surface area (Å²) >= 11 is 0. The normalized spacial score (nSPS) is 37.9. The maximum Gasteiger partial charge on any atom is 0.224 e. The van der Waals surface area contributed by atoms with Crippen LogP contribution in [0, 0.1) is 11.3 Å². The van der Waals surface area contributed by atoms with Gasteiger partial charge < -0.3 is 11.1 Å². The maximum absolute atomic E-state index is 11.1. The fraction of sp³-hybridized carbons (Fsp3) is 0.643. The summed E-state index contributed by atoms with van der Waals surface area (Å²) in [6.07, 6.45) is 7.78. The highest BCUT2D eigenvalue weighted by atomic mass is 16.1. The summed E-state index contributed by atoms with van der Waals surface area (Å²) in [4.78, 5) is 11.1. The molecule has 94 valence electrons. The highest BCUT2D eigenvalue weighted by Crippen LogP contribution is 2.62. The Balaban J connectivity index is 2.21. The van der Waals surface area contributed by atoms with Gasteiger partial charge in [-0.05, 0) is 44.4 Å². The van der Waals surface area contributed by atoms with Gasteiger partial charge in [0.05, 0.1) is 5.92 Å². The molecular formula is C14H22N2O. The standard InChI is InChI=1S/C14H22N2O/c1-4-11-10(7-9(2)13(15)17)5-6-14(11)8-12(14)16-3/h4,7,9,12,16H,5-6,8H2,1-3H3,(H2,15,17)/b10-7-,11-4?. The van der Waals surface area contributed by atoms with E-state index >= 15 is 0 Å². The average Bonchev–Trinajstić information content (AvgIpc) is 2.89. The molecule has 17 heavy (non-hydrogen) atoms. The van der Waals surface area contributed by atoms with Gasteiger partial charge >= 0.3 is 0 Å². The van der Waals surface area contributed by atoms with E-state index in [1.807, 2.05) is 14.0 Å². The minimum absolute atomic E-state index is 0.165. The fourth-order valence-corrected chi connectivity index (χ4v) is 3.23. The molecule has 0 aromatic carbocycles. The summed E-state index contributed by atoms with van der Waals surface area (Å²) in [5, 5.41) is 3.37. The first-order valence-electron chi connectivity index (χ1n) is 6.39. The second-order valence-corrected chi connectivity index (χ2v) is 5.29. The maximum atomic E-state index is 11.1. The van der Waals surface area contributed by atoms with Crippen molar-refractivity contribution in [1.29, 1.82) is 0 Å². The van der Waals surface area contributed by atoms with Crippen LogP contribution >= 0.6 is 0 Å². The number of hydrogen-bond donors (Lipinski definition) is 2. The lowest BCUT2D eigenvalue weighted by molar-refractivity contribution is -0.120. The van der Waals surface area contributed by atoms with Gasteiger partial charge in [0.1, 0.15) is 0 Å². The van der Waals surface area contributed by atoms with Gasteiger partial charge in [0.25, 0.3) is 0 Å². The third-order valence-corrected chi connectivity index (χ3v) is 4.34. The minimum atomic E-state index is -0.241. The van der Waals surface area contributed by atoms with Crippen molar-refractivity contribution in [3.63, 3.8) is 0 Å². The van der Waals surface area contributed by atoms with E-state index < -0.39 is 0 Å². The quantitative estimate of drug-likeness (QED) is 0.781. The van der Waals surface area contributed by atoms with Gasteiger partial charge in [0.15, 0.2) is 0 Å². The number of primary amides is 1. The summed E-state index contributed by atoms with van der Waals surface area (Å²) in [5.41, 5.74) is 8.44. The van der Waals surface area contributed by atoms with Crippen LogP contribution in [-0.2, 0) is 4.79 Å². The van der Waals surface area contributed by atoms with Crippen LogP contribution < -0.4 is 11.1 Å². The van der Waals surface area contributed by atoms with Crippen LogP contribution in [0.25, 0.3) is 0 Å². The molecule has 1 spiro atoms. The van der Waals surface area contributed by atoms with Crippen LogP contribution in [0.3, 0.4) is 0 Å². The molecule has 3 heteroatoms. The van der Waals surface area contributed by atoms with Crippen molar-refractivity contribution in [3.8, 4) is 0 Å². The Morgan fingerprint density at radius 2 is 2.35 bits per heavy atom. The molecule has 1 amide bonds. The van der Waals surface area contributed by atoms with Crippen molar-refractivity contribution in [2.45, 2.75) is 39.2 Å². The first kappa shape index (κ1) is 12.4. The van der Waals surface area contributed by atoms with Gasteiger partial charge in [-0.2, -0.15) is 0 Å². The highest BCUT2D eigenvalue weighted by Gasteiger charge is 2.58. The molecule has 2 aliphatic rings. The summed E-state index contributed by atoms with van der Waals surface area (Å²) in [6, 6.07) is 0.614. The third-order valence-electron chi connectivity index (χ3n) is 4.34. The van der Waals surface area contributed by atoms with Crippen molar-refractivity contribution in [3.05, 3.63) is 23.3 Å². The molecule has 0 aromatic heterocycles. The first-order valence-corrected chi connectivity index (χ1v) is 6.39. The van der Waals surface area contributed by atoms with Crippen molar-refractivity contribution in [2.24, 2.45) is 17.1 Å². The Labute approximate surface area is 103 Å². The van der Waals surface area contributed by atoms with Gasteiger partial charge in [-0.1, -0.05) is 19.1 Å². The van der Waals surface area contributed by atoms with E-state index in [-0.39, 0.29) is 11.8 Å². The lowest BCUT2D eigenvalue weighted by Gasteiger charge is -2.12. The number of hydrogen-bond acceptors (Lipinski definition) is 2. The van der Waals surface area contributed by atoms with E-state index in [1.54, 1.807) is 0 Å². The zero-order valence-corrected chi connectivity index (χ0v) is 10.9. The van der Waals surface area contributed by atoms with Gasteiger partial charge in [-0.3, -0.25) is 4.79 Å². The van der Waals surface area contributed by atoms with Crippen LogP contribution in [0.5, 0.6) is 0 Å². The number of carbonyl (C=O) groups excluding carboxylic acids is 1. The van der Waals surface area contributed by atoms with E-state index in [4.69, 9.17) is 5.73 Å². The third kappa shape index (κ3) is 1.93. The molecule has 0 radical (unpaired) electrons. The van der Waals surface area contributed by atoms with E-state index in [9.17, 15) is 4.79 Å². The number of nitrogens with two attached hydrogens (primary N) is 1. The number of nitrogens with one attached hydrogen (secondary N) is 1. The summed E-state index contributed by atoms with van der Waals surface area (Å²) in [7, 11) is 2.03. The fourth-order valence-electron chi connectivity index (χ4n) is 3.23. The Kier molecular flexibility index (Phi) is 3.13. The van der Waals surface area contributed by atoms with E-state index in [0.717, 1.165) is 6.42 Å². The average molecular weight is 234 g/mol. The Hall–Kier alpha value is -1.09. The molecule has 2 aliphatic carbocycles. The van der Waals surface area contributed by atoms with E-state index in [2.05, 4.69) is 24.4 Å². The molecule has 0 heterocycles. The van der Waals surface area contributed by atoms with Crippen LogP contribution in [-0.4, -0.2) is 19.0 Å². The van der Waals surface area contributed by atoms with Crippen LogP contribution in [0.15, 0.2) is 23.3 Å². The van der Waals surface area contributed by atoms with Gasteiger partial charge in [-0.25, -0.2) is 0 Å². The largest absolute Gasteiger partial charge is 0.369 e.